The number of amides is 2. The van der Waals surface area contributed by atoms with Gasteiger partial charge in [-0.1, -0.05) is 24.3 Å². The van der Waals surface area contributed by atoms with Gasteiger partial charge < -0.3 is 20.4 Å². The molecule has 1 aliphatic rings. The monoisotopic (exact) mass is 540 g/mol. The van der Waals surface area contributed by atoms with Crippen LogP contribution in [0.25, 0.3) is 28.0 Å². The average molecular weight is 541 g/mol. The van der Waals surface area contributed by atoms with E-state index in [1.54, 1.807) is 5.06 Å². The van der Waals surface area contributed by atoms with Crippen molar-refractivity contribution < 1.29 is 14.4 Å². The molecule has 0 saturated carbocycles. The summed E-state index contributed by atoms with van der Waals surface area (Å²) in [7, 11) is 0. The van der Waals surface area contributed by atoms with E-state index in [0.29, 0.717) is 19.6 Å². The summed E-state index contributed by atoms with van der Waals surface area (Å²) in [5, 5.41) is 7.37. The molecule has 0 spiro atoms. The Labute approximate surface area is 234 Å². The summed E-state index contributed by atoms with van der Waals surface area (Å²) in [5.74, 6) is -0.200. The van der Waals surface area contributed by atoms with Crippen molar-refractivity contribution in [1.29, 1.82) is 0 Å². The number of nitrogens with zero attached hydrogens (tertiary/aromatic N) is 4. The van der Waals surface area contributed by atoms with Crippen molar-refractivity contribution in [2.75, 3.05) is 42.9 Å². The SMILES string of the molecule is CCNC(=O)Nc1cccc(-c2cnc3cc(-c4ccc(N5CCN(OC(=O)C(C)(C)C)CC5)cc4)ccn23)c1. The number of piperazine rings is 1. The average Bonchev–Trinajstić information content (AvgIpc) is 3.37. The van der Waals surface area contributed by atoms with Gasteiger partial charge in [-0.15, -0.1) is 5.06 Å². The fourth-order valence-corrected chi connectivity index (χ4v) is 4.62. The van der Waals surface area contributed by atoms with E-state index in [1.807, 2.05) is 64.4 Å². The topological polar surface area (TPSA) is 91.2 Å². The van der Waals surface area contributed by atoms with Crippen LogP contribution < -0.4 is 15.5 Å². The summed E-state index contributed by atoms with van der Waals surface area (Å²) in [6.45, 7) is 11.0. The Kier molecular flexibility index (Phi) is 7.75. The lowest BCUT2D eigenvalue weighted by Gasteiger charge is -2.35. The third-order valence-electron chi connectivity index (χ3n) is 6.90. The molecule has 0 atom stereocenters. The third-order valence-corrected chi connectivity index (χ3v) is 6.90. The fraction of sp³-hybridized carbons (Fsp3) is 0.323. The number of anilines is 2. The smallest absolute Gasteiger partial charge is 0.330 e. The summed E-state index contributed by atoms with van der Waals surface area (Å²) >= 11 is 0. The lowest BCUT2D eigenvalue weighted by molar-refractivity contribution is -0.201. The number of pyridine rings is 1. The van der Waals surface area contributed by atoms with Crippen molar-refractivity contribution in [3.63, 3.8) is 0 Å². The van der Waals surface area contributed by atoms with Crippen molar-refractivity contribution in [3.8, 4) is 22.4 Å². The number of hydrogen-bond acceptors (Lipinski definition) is 6. The van der Waals surface area contributed by atoms with Gasteiger partial charge in [0.15, 0.2) is 0 Å². The molecule has 2 aromatic heterocycles. The van der Waals surface area contributed by atoms with Crippen LogP contribution in [-0.4, -0.2) is 59.2 Å². The molecule has 2 amide bonds. The standard InChI is InChI=1S/C31H36N6O3/c1-5-32-30(39)34-25-8-6-7-24(19-25)27-21-33-28-20-23(13-14-37(27)28)22-9-11-26(12-10-22)35-15-17-36(18-16-35)40-29(38)31(2,3)4/h6-14,19-21H,5,15-18H2,1-4H3,(H2,32,34,39). The Morgan fingerprint density at radius 3 is 2.38 bits per heavy atom. The van der Waals surface area contributed by atoms with Gasteiger partial charge in [0.2, 0.25) is 0 Å². The van der Waals surface area contributed by atoms with Gasteiger partial charge in [0.25, 0.3) is 0 Å². The van der Waals surface area contributed by atoms with E-state index in [2.05, 4.69) is 61.3 Å². The molecular formula is C31H36N6O3. The lowest BCUT2D eigenvalue weighted by Crippen LogP contribution is -2.48. The van der Waals surface area contributed by atoms with Gasteiger partial charge in [-0.25, -0.2) is 14.6 Å². The van der Waals surface area contributed by atoms with E-state index >= 15 is 0 Å². The maximum absolute atomic E-state index is 12.2. The molecule has 3 heterocycles. The first-order chi connectivity index (χ1) is 19.2. The normalized spacial score (nSPS) is 14.2. The van der Waals surface area contributed by atoms with Crippen LogP contribution in [0.3, 0.4) is 0 Å². The largest absolute Gasteiger partial charge is 0.369 e. The Morgan fingerprint density at radius 2 is 1.68 bits per heavy atom. The molecule has 4 aromatic rings. The number of imidazole rings is 1. The molecule has 0 unspecified atom stereocenters. The molecule has 40 heavy (non-hydrogen) atoms. The number of urea groups is 1. The lowest BCUT2D eigenvalue weighted by atomic mass is 9.98. The van der Waals surface area contributed by atoms with Crippen molar-refractivity contribution in [3.05, 3.63) is 73.1 Å². The highest BCUT2D eigenvalue weighted by molar-refractivity contribution is 5.90. The molecule has 1 saturated heterocycles. The summed E-state index contributed by atoms with van der Waals surface area (Å²) in [5.41, 5.74) is 6.32. The molecule has 9 nitrogen and oxygen atoms in total. The summed E-state index contributed by atoms with van der Waals surface area (Å²) in [6.07, 6.45) is 3.88. The highest BCUT2D eigenvalue weighted by Crippen LogP contribution is 2.28. The van der Waals surface area contributed by atoms with Gasteiger partial charge in [-0.05, 0) is 75.2 Å². The van der Waals surface area contributed by atoms with Gasteiger partial charge in [-0.2, -0.15) is 0 Å². The van der Waals surface area contributed by atoms with Crippen LogP contribution in [-0.2, 0) is 9.63 Å². The fourth-order valence-electron chi connectivity index (χ4n) is 4.62. The number of fused-ring (bicyclic) bond motifs is 1. The van der Waals surface area contributed by atoms with Crippen LogP contribution in [0.4, 0.5) is 16.2 Å². The van der Waals surface area contributed by atoms with E-state index in [1.165, 1.54) is 0 Å². The highest BCUT2D eigenvalue weighted by Gasteiger charge is 2.28. The number of benzene rings is 2. The van der Waals surface area contributed by atoms with Gasteiger partial charge >= 0.3 is 12.0 Å². The first-order valence-electron chi connectivity index (χ1n) is 13.7. The zero-order chi connectivity index (χ0) is 28.3. The maximum Gasteiger partial charge on any atom is 0.330 e. The molecule has 1 aliphatic heterocycles. The van der Waals surface area contributed by atoms with Gasteiger partial charge in [0.05, 0.1) is 30.4 Å². The zero-order valence-electron chi connectivity index (χ0n) is 23.5. The predicted octanol–water partition coefficient (Wildman–Crippen LogP) is 5.44. The number of carbonyl (C=O) groups is 2. The first kappa shape index (κ1) is 27.2. The van der Waals surface area contributed by atoms with E-state index in [-0.39, 0.29) is 12.0 Å². The van der Waals surface area contributed by atoms with Crippen molar-refractivity contribution in [1.82, 2.24) is 19.8 Å². The number of hydrogen-bond donors (Lipinski definition) is 2. The molecule has 9 heteroatoms. The molecule has 2 aromatic carbocycles. The Hall–Kier alpha value is -4.37. The third kappa shape index (κ3) is 6.10. The minimum Gasteiger partial charge on any atom is -0.369 e. The van der Waals surface area contributed by atoms with Crippen molar-refractivity contribution in [2.24, 2.45) is 5.41 Å². The summed E-state index contributed by atoms with van der Waals surface area (Å²) < 4.78 is 2.05. The number of aromatic nitrogens is 2. The van der Waals surface area contributed by atoms with Crippen LogP contribution in [0, 0.1) is 5.41 Å². The van der Waals surface area contributed by atoms with Crippen LogP contribution >= 0.6 is 0 Å². The molecule has 1 fully saturated rings. The second-order valence-electron chi connectivity index (χ2n) is 10.9. The second kappa shape index (κ2) is 11.4. The molecule has 5 rings (SSSR count). The molecule has 0 bridgehead atoms. The Morgan fingerprint density at radius 1 is 0.925 bits per heavy atom. The van der Waals surface area contributed by atoms with E-state index < -0.39 is 5.41 Å². The van der Waals surface area contributed by atoms with Crippen LogP contribution in [0.2, 0.25) is 0 Å². The molecule has 208 valence electrons. The highest BCUT2D eigenvalue weighted by atomic mass is 16.7. The minimum atomic E-state index is -0.510. The minimum absolute atomic E-state index is 0.200. The first-order valence-corrected chi connectivity index (χ1v) is 13.7. The van der Waals surface area contributed by atoms with E-state index in [0.717, 1.165) is 52.5 Å². The summed E-state index contributed by atoms with van der Waals surface area (Å²) in [6, 6.07) is 20.2. The maximum atomic E-state index is 12.2. The van der Waals surface area contributed by atoms with Gasteiger partial charge in [-0.3, -0.25) is 4.40 Å². The predicted molar refractivity (Wildman–Crippen MR) is 158 cm³/mol. The van der Waals surface area contributed by atoms with E-state index in [4.69, 9.17) is 4.84 Å². The van der Waals surface area contributed by atoms with Crippen molar-refractivity contribution in [2.45, 2.75) is 27.7 Å². The Bertz CT molecular complexity index is 1500. The Balaban J connectivity index is 1.26. The van der Waals surface area contributed by atoms with Crippen LogP contribution in [0.5, 0.6) is 0 Å². The van der Waals surface area contributed by atoms with Crippen LogP contribution in [0.1, 0.15) is 27.7 Å². The molecule has 2 N–H and O–H groups in total. The zero-order valence-corrected chi connectivity index (χ0v) is 23.5. The quantitative estimate of drug-likeness (QED) is 0.339. The number of carbonyl (C=O) groups excluding carboxylic acids is 2. The number of hydroxylamine groups is 2. The van der Waals surface area contributed by atoms with Gasteiger partial charge in [0.1, 0.15) is 5.65 Å². The second-order valence-corrected chi connectivity index (χ2v) is 10.9. The van der Waals surface area contributed by atoms with Gasteiger partial charge in [0, 0.05) is 42.8 Å². The molecule has 0 aliphatic carbocycles. The molecular weight excluding hydrogens is 504 g/mol. The van der Waals surface area contributed by atoms with Crippen LogP contribution in [0.15, 0.2) is 73.1 Å². The number of rotatable bonds is 6. The van der Waals surface area contributed by atoms with Crippen molar-refractivity contribution >= 4 is 29.0 Å². The summed E-state index contributed by atoms with van der Waals surface area (Å²) in [4.78, 5) is 36.6. The molecule has 0 radical (unpaired) electrons. The number of nitrogens with one attached hydrogen (secondary N) is 2. The van der Waals surface area contributed by atoms with E-state index in [9.17, 15) is 9.59 Å².